The van der Waals surface area contributed by atoms with Gasteiger partial charge in [-0.1, -0.05) is 24.3 Å². The Bertz CT molecular complexity index is 161. The van der Waals surface area contributed by atoms with Crippen molar-refractivity contribution in [3.8, 4) is 0 Å². The zero-order valence-corrected chi connectivity index (χ0v) is 5.88. The summed E-state index contributed by atoms with van der Waals surface area (Å²) in [4.78, 5) is 0. The topological polar surface area (TPSA) is 0 Å². The molecule has 0 unspecified atom stereocenters. The predicted molar refractivity (Wildman–Crippen MR) is 42.5 cm³/mol. The van der Waals surface area contributed by atoms with E-state index >= 15 is 0 Å². The van der Waals surface area contributed by atoms with Gasteiger partial charge in [0.25, 0.3) is 0 Å². The molecule has 0 aliphatic carbocycles. The van der Waals surface area contributed by atoms with Crippen LogP contribution in [0.15, 0.2) is 24.3 Å². The van der Waals surface area contributed by atoms with Crippen molar-refractivity contribution >= 4 is 0 Å². The van der Waals surface area contributed by atoms with Gasteiger partial charge in [0.1, 0.15) is 0 Å². The first-order valence-corrected chi connectivity index (χ1v) is 3.34. The van der Waals surface area contributed by atoms with Crippen LogP contribution in [0.3, 0.4) is 0 Å². The third-order valence-corrected chi connectivity index (χ3v) is 1.49. The summed E-state index contributed by atoms with van der Waals surface area (Å²) >= 11 is 0. The Morgan fingerprint density at radius 2 is 1.10 bits per heavy atom. The molecule has 0 aromatic heterocycles. The first kappa shape index (κ1) is 7.33. The fraction of sp³-hybridized carbons (Fsp3) is 0.200. The molecule has 0 saturated carbocycles. The second-order valence-electron chi connectivity index (χ2n) is 2.22. The van der Waals surface area contributed by atoms with Crippen LogP contribution in [0.1, 0.15) is 11.1 Å². The fourth-order valence-electron chi connectivity index (χ4n) is 0.811. The van der Waals surface area contributed by atoms with Crippen LogP contribution in [-0.4, -0.2) is 0 Å². The van der Waals surface area contributed by atoms with Gasteiger partial charge in [-0.15, -0.1) is 0 Å². The van der Waals surface area contributed by atoms with Gasteiger partial charge in [0, 0.05) is 0 Å². The van der Waals surface area contributed by atoms with Gasteiger partial charge < -0.3 is 0 Å². The number of hydrogen-bond acceptors (Lipinski definition) is 0. The lowest BCUT2D eigenvalue weighted by Gasteiger charge is -1.97. The standard InChI is InChI=1S/C10H10/c1-3-9-5-7-10(4-2)8-6-9/h1-2,5-8H,3-4H2. The molecule has 10 heavy (non-hydrogen) atoms. The third-order valence-electron chi connectivity index (χ3n) is 1.49. The van der Waals surface area contributed by atoms with E-state index in [0.717, 1.165) is 11.1 Å². The SMILES string of the molecule is [CH]Cc1ccc(C[CH])cc1. The molecule has 0 spiro atoms. The Kier molecular flexibility index (Phi) is 2.49. The normalized spacial score (nSPS) is 9.80. The second-order valence-corrected chi connectivity index (χ2v) is 2.22. The Hall–Kier alpha value is -0.780. The quantitative estimate of drug-likeness (QED) is 0.575. The highest BCUT2D eigenvalue weighted by Crippen LogP contribution is 2.04. The van der Waals surface area contributed by atoms with E-state index in [2.05, 4.69) is 0 Å². The van der Waals surface area contributed by atoms with Gasteiger partial charge in [-0.2, -0.15) is 0 Å². The summed E-state index contributed by atoms with van der Waals surface area (Å²) in [7, 11) is 0. The average Bonchev–Trinajstić information content (AvgIpc) is 2.05. The molecule has 4 radical (unpaired) electrons. The largest absolute Gasteiger partial charge is 0.0588 e. The van der Waals surface area contributed by atoms with Crippen molar-refractivity contribution in [1.29, 1.82) is 0 Å². The van der Waals surface area contributed by atoms with Crippen LogP contribution >= 0.6 is 0 Å². The highest BCUT2D eigenvalue weighted by Gasteiger charge is 1.88. The first-order valence-electron chi connectivity index (χ1n) is 3.34. The molecule has 0 N–H and O–H groups in total. The highest BCUT2D eigenvalue weighted by molar-refractivity contribution is 5.23. The molecule has 0 fully saturated rings. The first-order chi connectivity index (χ1) is 4.86. The molecule has 0 heterocycles. The lowest BCUT2D eigenvalue weighted by atomic mass is 10.1. The van der Waals surface area contributed by atoms with E-state index < -0.39 is 0 Å². The molecule has 0 amide bonds. The molecule has 0 atom stereocenters. The minimum atomic E-state index is 0.602. The van der Waals surface area contributed by atoms with Gasteiger partial charge >= 0.3 is 0 Å². The maximum atomic E-state index is 5.41. The highest BCUT2D eigenvalue weighted by atomic mass is 13.9. The summed E-state index contributed by atoms with van der Waals surface area (Å²) in [6.07, 6.45) is 1.20. The molecule has 0 saturated heterocycles. The number of hydrogen-bond donors (Lipinski definition) is 0. The van der Waals surface area contributed by atoms with Crippen molar-refractivity contribution in [2.24, 2.45) is 0 Å². The summed E-state index contributed by atoms with van der Waals surface area (Å²) in [6, 6.07) is 8.01. The van der Waals surface area contributed by atoms with Crippen molar-refractivity contribution < 1.29 is 0 Å². The molecule has 0 bridgehead atoms. The zero-order chi connectivity index (χ0) is 7.40. The smallest absolute Gasteiger partial charge is 0.0245 e. The Balaban J connectivity index is 2.80. The molecule has 1 aromatic rings. The van der Waals surface area contributed by atoms with E-state index in [0.29, 0.717) is 12.8 Å². The maximum absolute atomic E-state index is 5.41. The molecule has 1 aromatic carbocycles. The minimum absolute atomic E-state index is 0.602. The van der Waals surface area contributed by atoms with Crippen molar-refractivity contribution in [3.63, 3.8) is 0 Å². The Morgan fingerprint density at radius 3 is 1.30 bits per heavy atom. The molecule has 1 rings (SSSR count). The van der Waals surface area contributed by atoms with Gasteiger partial charge in [-0.25, -0.2) is 0 Å². The molecular weight excluding hydrogens is 120 g/mol. The molecular formula is C10H10. The van der Waals surface area contributed by atoms with Gasteiger partial charge in [0.15, 0.2) is 0 Å². The van der Waals surface area contributed by atoms with E-state index in [-0.39, 0.29) is 0 Å². The van der Waals surface area contributed by atoms with E-state index in [4.69, 9.17) is 13.8 Å². The predicted octanol–water partition coefficient (Wildman–Crippen LogP) is 2.19. The lowest BCUT2D eigenvalue weighted by molar-refractivity contribution is 1.22. The molecule has 0 heteroatoms. The van der Waals surface area contributed by atoms with E-state index in [1.807, 2.05) is 24.3 Å². The van der Waals surface area contributed by atoms with Crippen LogP contribution in [0.5, 0.6) is 0 Å². The fourth-order valence-corrected chi connectivity index (χ4v) is 0.811. The van der Waals surface area contributed by atoms with Gasteiger partial charge in [-0.05, 0) is 37.8 Å². The monoisotopic (exact) mass is 130 g/mol. The summed E-state index contributed by atoms with van der Waals surface area (Å²) in [6.45, 7) is 10.8. The van der Waals surface area contributed by atoms with Gasteiger partial charge in [-0.3, -0.25) is 0 Å². The van der Waals surface area contributed by atoms with Crippen LogP contribution in [-0.2, 0) is 12.8 Å². The van der Waals surface area contributed by atoms with Crippen molar-refractivity contribution in [2.75, 3.05) is 0 Å². The lowest BCUT2D eigenvalue weighted by Crippen LogP contribution is -1.82. The average molecular weight is 130 g/mol. The molecule has 0 aliphatic heterocycles. The van der Waals surface area contributed by atoms with Crippen molar-refractivity contribution in [2.45, 2.75) is 12.8 Å². The van der Waals surface area contributed by atoms with Crippen LogP contribution in [0.25, 0.3) is 0 Å². The Labute approximate surface area is 62.9 Å². The van der Waals surface area contributed by atoms with Crippen LogP contribution < -0.4 is 0 Å². The molecule has 0 aliphatic rings. The second kappa shape index (κ2) is 3.40. The van der Waals surface area contributed by atoms with Crippen LogP contribution in [0.2, 0.25) is 0 Å². The summed E-state index contributed by atoms with van der Waals surface area (Å²) in [5, 5.41) is 0. The minimum Gasteiger partial charge on any atom is -0.0588 e. The molecule has 50 valence electrons. The van der Waals surface area contributed by atoms with Gasteiger partial charge in [0.05, 0.1) is 0 Å². The number of rotatable bonds is 2. The maximum Gasteiger partial charge on any atom is -0.0245 e. The van der Waals surface area contributed by atoms with Crippen molar-refractivity contribution in [1.82, 2.24) is 0 Å². The van der Waals surface area contributed by atoms with E-state index in [9.17, 15) is 0 Å². The van der Waals surface area contributed by atoms with Crippen LogP contribution in [0, 0.1) is 13.8 Å². The molecule has 0 nitrogen and oxygen atoms in total. The number of benzene rings is 1. The third kappa shape index (κ3) is 1.60. The van der Waals surface area contributed by atoms with E-state index in [1.54, 1.807) is 0 Å². The summed E-state index contributed by atoms with van der Waals surface area (Å²) in [5.74, 6) is 0. The zero-order valence-electron chi connectivity index (χ0n) is 5.88. The van der Waals surface area contributed by atoms with E-state index in [1.165, 1.54) is 0 Å². The Morgan fingerprint density at radius 1 is 0.800 bits per heavy atom. The van der Waals surface area contributed by atoms with Crippen LogP contribution in [0.4, 0.5) is 0 Å². The summed E-state index contributed by atoms with van der Waals surface area (Å²) in [5.41, 5.74) is 2.30. The summed E-state index contributed by atoms with van der Waals surface area (Å²) < 4.78 is 0. The van der Waals surface area contributed by atoms with Gasteiger partial charge in [0.2, 0.25) is 0 Å². The van der Waals surface area contributed by atoms with Crippen molar-refractivity contribution in [3.05, 3.63) is 49.2 Å².